The molecule has 0 N–H and O–H groups in total. The van der Waals surface area contributed by atoms with Gasteiger partial charge in [-0.1, -0.05) is 0 Å². The molecule has 7 heavy (non-hydrogen) atoms. The Hall–Kier alpha value is -0.465. The van der Waals surface area contributed by atoms with E-state index < -0.39 is 0 Å². The van der Waals surface area contributed by atoms with E-state index in [0.29, 0.717) is 0 Å². The molecule has 0 fully saturated rings. The van der Waals surface area contributed by atoms with Crippen LogP contribution in [0.25, 0.3) is 0 Å². The van der Waals surface area contributed by atoms with Gasteiger partial charge in [0.05, 0.1) is 0 Å². The van der Waals surface area contributed by atoms with E-state index in [9.17, 15) is 4.79 Å². The van der Waals surface area contributed by atoms with Gasteiger partial charge in [-0.15, -0.1) is 0 Å². The van der Waals surface area contributed by atoms with Crippen molar-refractivity contribution in [1.82, 2.24) is 0 Å². The fourth-order valence-electron chi connectivity index (χ4n) is 0.332. The second-order valence-corrected chi connectivity index (χ2v) is 1.66. The topological polar surface area (TPSA) is 26.3 Å². The maximum absolute atomic E-state index is 10.0. The molecule has 0 radical (unpaired) electrons. The highest BCUT2D eigenvalue weighted by Crippen LogP contribution is 1.81. The van der Waals surface area contributed by atoms with Crippen LogP contribution in [0.1, 0.15) is 6.92 Å². The lowest BCUT2D eigenvalue weighted by Crippen LogP contribution is -2.11. The van der Waals surface area contributed by atoms with E-state index in [2.05, 4.69) is 4.65 Å². The number of carbonyl (C=O) groups is 1. The lowest BCUT2D eigenvalue weighted by molar-refractivity contribution is -0.132. The summed E-state index contributed by atoms with van der Waals surface area (Å²) in [6, 6.07) is 0. The Kier molecular flexibility index (Phi) is 2.49. The maximum atomic E-state index is 10.0. The lowest BCUT2D eigenvalue weighted by Gasteiger charge is -1.98. The summed E-state index contributed by atoms with van der Waals surface area (Å²) >= 11 is 0. The quantitative estimate of drug-likeness (QED) is 0.455. The Morgan fingerprint density at radius 3 is 2.00 bits per heavy atom. The molecule has 0 rings (SSSR count). The summed E-state index contributed by atoms with van der Waals surface area (Å²) in [5.41, 5.74) is 0. The molecule has 0 aromatic heterocycles. The zero-order valence-electron chi connectivity index (χ0n) is 4.89. The van der Waals surface area contributed by atoms with Crippen LogP contribution in [0.3, 0.4) is 0 Å². The summed E-state index contributed by atoms with van der Waals surface area (Å²) in [6.45, 7) is 5.07. The minimum absolute atomic E-state index is 0.0255. The highest BCUT2D eigenvalue weighted by atomic mass is 16.5. The number of rotatable bonds is 1. The van der Waals surface area contributed by atoms with Crippen molar-refractivity contribution in [2.24, 2.45) is 0 Å². The molecule has 40 valence electrons. The van der Waals surface area contributed by atoms with Gasteiger partial charge in [-0.3, -0.25) is 4.79 Å². The van der Waals surface area contributed by atoms with Crippen molar-refractivity contribution in [3.8, 4) is 0 Å². The van der Waals surface area contributed by atoms with Crippen LogP contribution in [0.2, 0.25) is 13.6 Å². The molecule has 0 aliphatic heterocycles. The van der Waals surface area contributed by atoms with Crippen LogP contribution in [-0.4, -0.2) is 12.9 Å². The molecule has 0 spiro atoms. The van der Waals surface area contributed by atoms with Crippen molar-refractivity contribution in [2.45, 2.75) is 20.6 Å². The summed E-state index contributed by atoms with van der Waals surface area (Å²) in [5.74, 6) is -0.213. The molecule has 0 aliphatic carbocycles. The minimum Gasteiger partial charge on any atom is -0.537 e. The maximum Gasteiger partial charge on any atom is 0.355 e. The van der Waals surface area contributed by atoms with Crippen LogP contribution in [0.15, 0.2) is 0 Å². The van der Waals surface area contributed by atoms with E-state index in [1.165, 1.54) is 6.92 Å². The first-order valence-corrected chi connectivity index (χ1v) is 2.30. The summed E-state index contributed by atoms with van der Waals surface area (Å²) < 4.78 is 4.61. The predicted molar refractivity (Wildman–Crippen MR) is 29.2 cm³/mol. The van der Waals surface area contributed by atoms with Crippen molar-refractivity contribution in [1.29, 1.82) is 0 Å². The van der Waals surface area contributed by atoms with Gasteiger partial charge < -0.3 is 4.65 Å². The Labute approximate surface area is 44.0 Å². The van der Waals surface area contributed by atoms with Gasteiger partial charge in [-0.25, -0.2) is 0 Å². The molecule has 0 aromatic rings. The molecule has 3 heteroatoms. The van der Waals surface area contributed by atoms with Gasteiger partial charge in [-0.05, 0) is 13.6 Å². The molecule has 2 nitrogen and oxygen atoms in total. The van der Waals surface area contributed by atoms with Gasteiger partial charge >= 0.3 is 6.92 Å². The number of hydrogen-bond acceptors (Lipinski definition) is 2. The van der Waals surface area contributed by atoms with Crippen molar-refractivity contribution >= 4 is 12.9 Å². The van der Waals surface area contributed by atoms with Crippen molar-refractivity contribution < 1.29 is 9.45 Å². The van der Waals surface area contributed by atoms with Crippen LogP contribution in [-0.2, 0) is 9.45 Å². The third-order valence-corrected chi connectivity index (χ3v) is 0.402. The smallest absolute Gasteiger partial charge is 0.355 e. The average Bonchev–Trinajstić information content (AvgIpc) is 1.27. The van der Waals surface area contributed by atoms with Crippen LogP contribution in [0, 0.1) is 0 Å². The first kappa shape index (κ1) is 6.53. The molecule has 0 amide bonds. The zero-order valence-corrected chi connectivity index (χ0v) is 4.89. The van der Waals surface area contributed by atoms with Gasteiger partial charge in [-0.2, -0.15) is 0 Å². The van der Waals surface area contributed by atoms with E-state index in [-0.39, 0.29) is 12.9 Å². The van der Waals surface area contributed by atoms with E-state index in [0.717, 1.165) is 0 Å². The molecule has 0 heterocycles. The fraction of sp³-hybridized carbons (Fsp3) is 0.750. The van der Waals surface area contributed by atoms with Gasteiger partial charge in [0.25, 0.3) is 5.97 Å². The van der Waals surface area contributed by atoms with Crippen LogP contribution in [0.4, 0.5) is 0 Å². The highest BCUT2D eigenvalue weighted by Gasteiger charge is 2.00. The van der Waals surface area contributed by atoms with E-state index in [1.54, 1.807) is 0 Å². The van der Waals surface area contributed by atoms with Crippen molar-refractivity contribution in [3.63, 3.8) is 0 Å². The van der Waals surface area contributed by atoms with E-state index >= 15 is 0 Å². The second kappa shape index (κ2) is 2.67. The Balaban J connectivity index is 3.13. The van der Waals surface area contributed by atoms with E-state index in [1.807, 2.05) is 13.6 Å². The molecule has 0 atom stereocenters. The molecule has 0 saturated heterocycles. The van der Waals surface area contributed by atoms with Crippen LogP contribution in [0.5, 0.6) is 0 Å². The monoisotopic (exact) mass is 100 g/mol. The third-order valence-electron chi connectivity index (χ3n) is 0.402. The molecule has 0 bridgehead atoms. The summed E-state index contributed by atoms with van der Waals surface area (Å²) in [6.07, 6.45) is 0. The lowest BCUT2D eigenvalue weighted by atomic mass is 9.75. The zero-order chi connectivity index (χ0) is 5.86. The van der Waals surface area contributed by atoms with Gasteiger partial charge in [0, 0.05) is 6.92 Å². The average molecular weight is 99.9 g/mol. The first-order chi connectivity index (χ1) is 3.13. The third kappa shape index (κ3) is 5.53. The van der Waals surface area contributed by atoms with Gasteiger partial charge in [0.2, 0.25) is 0 Å². The van der Waals surface area contributed by atoms with Gasteiger partial charge in [0.1, 0.15) is 0 Å². The molecule has 0 aromatic carbocycles. The summed E-state index contributed by atoms with van der Waals surface area (Å²) in [4.78, 5) is 10.0. The molecule has 0 unspecified atom stereocenters. The van der Waals surface area contributed by atoms with E-state index in [4.69, 9.17) is 0 Å². The first-order valence-electron chi connectivity index (χ1n) is 2.30. The second-order valence-electron chi connectivity index (χ2n) is 1.66. The fourth-order valence-corrected chi connectivity index (χ4v) is 0.332. The largest absolute Gasteiger partial charge is 0.537 e. The van der Waals surface area contributed by atoms with Crippen LogP contribution >= 0.6 is 0 Å². The van der Waals surface area contributed by atoms with Crippen LogP contribution < -0.4 is 0 Å². The van der Waals surface area contributed by atoms with Gasteiger partial charge in [0.15, 0.2) is 0 Å². The Bertz CT molecular complexity index is 70.1. The molecular formula is C4H9BO2. The van der Waals surface area contributed by atoms with Crippen molar-refractivity contribution in [2.75, 3.05) is 0 Å². The Morgan fingerprint density at radius 2 is 2.00 bits per heavy atom. The summed E-state index contributed by atoms with van der Waals surface area (Å²) in [5, 5.41) is 0. The highest BCUT2D eigenvalue weighted by molar-refractivity contribution is 6.50. The standard InChI is InChI=1S/C4H9BO2/c1-4(6)7-5(2)3/h1-3H3. The SMILES string of the molecule is CB(C)OC(C)=O. The number of hydrogen-bond donors (Lipinski definition) is 0. The molecule has 0 saturated carbocycles. The number of carbonyl (C=O) groups excluding carboxylic acids is 1. The summed E-state index contributed by atoms with van der Waals surface area (Å²) in [7, 11) is 0. The minimum atomic E-state index is -0.213. The predicted octanol–water partition coefficient (Wildman–Crippen LogP) is 0.801. The molecule has 0 aliphatic rings. The molecular weight excluding hydrogens is 90.9 g/mol. The van der Waals surface area contributed by atoms with Crippen molar-refractivity contribution in [3.05, 3.63) is 0 Å². The normalized spacial score (nSPS) is 7.86. The Morgan fingerprint density at radius 1 is 1.57 bits per heavy atom.